The highest BCUT2D eigenvalue weighted by Crippen LogP contribution is 2.32. The van der Waals surface area contributed by atoms with Gasteiger partial charge in [-0.2, -0.15) is 0 Å². The van der Waals surface area contributed by atoms with Gasteiger partial charge >= 0.3 is 0 Å². The fourth-order valence-corrected chi connectivity index (χ4v) is 4.80. The molecule has 0 radical (unpaired) electrons. The first kappa shape index (κ1) is 24.5. The Kier molecular flexibility index (Phi) is 7.51. The summed E-state index contributed by atoms with van der Waals surface area (Å²) in [6, 6.07) is 18.9. The van der Waals surface area contributed by atoms with Crippen LogP contribution >= 0.6 is 11.8 Å². The first-order valence-electron chi connectivity index (χ1n) is 11.1. The lowest BCUT2D eigenvalue weighted by atomic mass is 10.1. The number of nitrogens with zero attached hydrogens (tertiary/aromatic N) is 2. The molecule has 0 aliphatic carbocycles. The van der Waals surface area contributed by atoms with E-state index in [0.717, 1.165) is 22.4 Å². The molecule has 6 nitrogen and oxygen atoms in total. The maximum absolute atomic E-state index is 13.4. The normalized spacial score (nSPS) is 16.9. The highest BCUT2D eigenvalue weighted by Gasteiger charge is 2.36. The Morgan fingerprint density at radius 1 is 1.11 bits per heavy atom. The van der Waals surface area contributed by atoms with Crippen LogP contribution in [0.4, 0.5) is 15.8 Å². The van der Waals surface area contributed by atoms with Crippen molar-refractivity contribution in [2.75, 3.05) is 12.4 Å². The highest BCUT2D eigenvalue weighted by atomic mass is 32.2. The summed E-state index contributed by atoms with van der Waals surface area (Å²) in [6.07, 6.45) is 0.0320. The lowest BCUT2D eigenvalue weighted by Crippen LogP contribution is -2.44. The number of anilines is 1. The number of aryl methyl sites for hydroxylation is 2. The van der Waals surface area contributed by atoms with Crippen molar-refractivity contribution in [3.05, 3.63) is 89.2 Å². The van der Waals surface area contributed by atoms with Gasteiger partial charge < -0.3 is 10.1 Å². The molecule has 8 heteroatoms. The van der Waals surface area contributed by atoms with E-state index in [2.05, 4.69) is 10.3 Å². The average molecular weight is 492 g/mol. The molecule has 35 heavy (non-hydrogen) atoms. The lowest BCUT2D eigenvalue weighted by molar-refractivity contribution is -0.129. The number of carbonyl (C=O) groups excluding carboxylic acids is 2. The summed E-state index contributed by atoms with van der Waals surface area (Å²) in [7, 11) is 1.58. The second kappa shape index (κ2) is 10.7. The second-order valence-corrected chi connectivity index (χ2v) is 9.49. The molecule has 180 valence electrons. The maximum Gasteiger partial charge on any atom is 0.238 e. The van der Waals surface area contributed by atoms with Gasteiger partial charge in [0.2, 0.25) is 11.8 Å². The molecule has 2 amide bonds. The molecule has 4 rings (SSSR count). The van der Waals surface area contributed by atoms with Crippen molar-refractivity contribution in [2.45, 2.75) is 32.1 Å². The summed E-state index contributed by atoms with van der Waals surface area (Å²) in [5.41, 5.74) is 4.17. The van der Waals surface area contributed by atoms with E-state index < -0.39 is 5.25 Å². The standard InChI is InChI=1S/C27H26FN3O3S/c1-17-4-13-23(18(2)14-17)30-26(33)24-15-25(32)31(16-19-5-7-20(28)8-6-19)27(35-24)29-21-9-11-22(34-3)12-10-21/h4-14,24H,15-16H2,1-3H3,(H,30,33). The van der Waals surface area contributed by atoms with E-state index in [-0.39, 0.29) is 30.6 Å². The summed E-state index contributed by atoms with van der Waals surface area (Å²) in [5.74, 6) is -0.126. The molecule has 1 atom stereocenters. The molecular formula is C27H26FN3O3S. The topological polar surface area (TPSA) is 71.0 Å². The van der Waals surface area contributed by atoms with Gasteiger partial charge in [0.05, 0.1) is 19.3 Å². The fraction of sp³-hybridized carbons (Fsp3) is 0.222. The summed E-state index contributed by atoms with van der Waals surface area (Å²) in [5, 5.41) is 2.73. The van der Waals surface area contributed by atoms with Gasteiger partial charge in [-0.05, 0) is 67.4 Å². The van der Waals surface area contributed by atoms with Gasteiger partial charge in [0.25, 0.3) is 0 Å². The number of rotatable bonds is 6. The second-order valence-electron chi connectivity index (χ2n) is 8.32. The van der Waals surface area contributed by atoms with Crippen molar-refractivity contribution in [2.24, 2.45) is 4.99 Å². The number of amides is 2. The molecule has 1 saturated heterocycles. The third kappa shape index (κ3) is 6.08. The Bertz CT molecular complexity index is 1260. The molecule has 3 aromatic rings. The first-order valence-corrected chi connectivity index (χ1v) is 12.0. The van der Waals surface area contributed by atoms with Crippen LogP contribution in [0.2, 0.25) is 0 Å². The van der Waals surface area contributed by atoms with Crippen LogP contribution in [0.15, 0.2) is 71.7 Å². The van der Waals surface area contributed by atoms with Crippen LogP contribution in [0.3, 0.4) is 0 Å². The van der Waals surface area contributed by atoms with Crippen molar-refractivity contribution in [3.8, 4) is 5.75 Å². The number of aliphatic imine (C=N–C) groups is 1. The number of nitrogens with one attached hydrogen (secondary N) is 1. The van der Waals surface area contributed by atoms with Crippen molar-refractivity contribution in [1.82, 2.24) is 4.90 Å². The van der Waals surface area contributed by atoms with Gasteiger partial charge in [-0.15, -0.1) is 0 Å². The SMILES string of the molecule is COc1ccc(N=C2SC(C(=O)Nc3ccc(C)cc3C)CC(=O)N2Cc2ccc(F)cc2)cc1. The number of amidine groups is 1. The molecule has 1 N–H and O–H groups in total. The molecule has 1 fully saturated rings. The Hall–Kier alpha value is -3.65. The van der Waals surface area contributed by atoms with Gasteiger partial charge in [0, 0.05) is 12.1 Å². The van der Waals surface area contributed by atoms with E-state index in [1.54, 1.807) is 48.4 Å². The van der Waals surface area contributed by atoms with E-state index in [0.29, 0.717) is 16.6 Å². The number of ether oxygens (including phenoxy) is 1. The van der Waals surface area contributed by atoms with Crippen molar-refractivity contribution in [1.29, 1.82) is 0 Å². The number of hydrogen-bond donors (Lipinski definition) is 1. The third-order valence-electron chi connectivity index (χ3n) is 5.62. The number of halogens is 1. The Labute approximate surface area is 208 Å². The van der Waals surface area contributed by atoms with Crippen LogP contribution in [0.25, 0.3) is 0 Å². The maximum atomic E-state index is 13.4. The molecule has 0 bridgehead atoms. The zero-order valence-electron chi connectivity index (χ0n) is 19.7. The van der Waals surface area contributed by atoms with Gasteiger partial charge in [-0.1, -0.05) is 41.6 Å². The number of methoxy groups -OCH3 is 1. The number of carbonyl (C=O) groups is 2. The molecule has 0 aromatic heterocycles. The van der Waals surface area contributed by atoms with Crippen LogP contribution in [-0.2, 0) is 16.1 Å². The molecule has 0 spiro atoms. The third-order valence-corrected chi connectivity index (χ3v) is 6.81. The summed E-state index contributed by atoms with van der Waals surface area (Å²) in [4.78, 5) is 32.5. The van der Waals surface area contributed by atoms with E-state index in [1.807, 2.05) is 32.0 Å². The van der Waals surface area contributed by atoms with E-state index in [4.69, 9.17) is 4.74 Å². The van der Waals surface area contributed by atoms with Crippen molar-refractivity contribution < 1.29 is 18.7 Å². The molecular weight excluding hydrogens is 465 g/mol. The zero-order chi connectivity index (χ0) is 24.9. The van der Waals surface area contributed by atoms with E-state index in [1.165, 1.54) is 23.9 Å². The summed E-state index contributed by atoms with van der Waals surface area (Å²) in [6.45, 7) is 4.15. The van der Waals surface area contributed by atoms with Gasteiger partial charge in [0.15, 0.2) is 5.17 Å². The highest BCUT2D eigenvalue weighted by molar-refractivity contribution is 8.15. The van der Waals surface area contributed by atoms with Gasteiger partial charge in [-0.25, -0.2) is 9.38 Å². The molecule has 1 heterocycles. The zero-order valence-corrected chi connectivity index (χ0v) is 20.6. The Morgan fingerprint density at radius 3 is 2.49 bits per heavy atom. The Morgan fingerprint density at radius 2 is 1.83 bits per heavy atom. The Balaban J connectivity index is 1.60. The van der Waals surface area contributed by atoms with Crippen LogP contribution < -0.4 is 10.1 Å². The minimum absolute atomic E-state index is 0.0320. The minimum Gasteiger partial charge on any atom is -0.497 e. The molecule has 1 unspecified atom stereocenters. The number of thioether (sulfide) groups is 1. The quantitative estimate of drug-likeness (QED) is 0.486. The van der Waals surface area contributed by atoms with E-state index in [9.17, 15) is 14.0 Å². The van der Waals surface area contributed by atoms with Gasteiger partial charge in [0.1, 0.15) is 16.8 Å². The van der Waals surface area contributed by atoms with Crippen LogP contribution in [0, 0.1) is 19.7 Å². The van der Waals surface area contributed by atoms with Crippen LogP contribution in [-0.4, -0.2) is 34.2 Å². The van der Waals surface area contributed by atoms with Crippen LogP contribution in [0.5, 0.6) is 5.75 Å². The predicted octanol–water partition coefficient (Wildman–Crippen LogP) is 5.61. The average Bonchev–Trinajstić information content (AvgIpc) is 2.84. The first-order chi connectivity index (χ1) is 16.8. The predicted molar refractivity (Wildman–Crippen MR) is 138 cm³/mol. The number of hydrogen-bond acceptors (Lipinski definition) is 5. The van der Waals surface area contributed by atoms with Crippen molar-refractivity contribution in [3.63, 3.8) is 0 Å². The lowest BCUT2D eigenvalue weighted by Gasteiger charge is -2.32. The molecule has 1 aliphatic rings. The monoisotopic (exact) mass is 491 g/mol. The molecule has 1 aliphatic heterocycles. The smallest absolute Gasteiger partial charge is 0.238 e. The summed E-state index contributed by atoms with van der Waals surface area (Å²) >= 11 is 1.24. The largest absolute Gasteiger partial charge is 0.497 e. The fourth-order valence-electron chi connectivity index (χ4n) is 3.70. The van der Waals surface area contributed by atoms with Gasteiger partial charge in [-0.3, -0.25) is 14.5 Å². The molecule has 3 aromatic carbocycles. The van der Waals surface area contributed by atoms with Crippen molar-refractivity contribution >= 4 is 40.1 Å². The number of benzene rings is 3. The minimum atomic E-state index is -0.635. The molecule has 0 saturated carbocycles. The summed E-state index contributed by atoms with van der Waals surface area (Å²) < 4.78 is 18.6. The van der Waals surface area contributed by atoms with Crippen LogP contribution in [0.1, 0.15) is 23.1 Å². The van der Waals surface area contributed by atoms with E-state index >= 15 is 0 Å².